The monoisotopic (exact) mass is 238 g/mol. The van der Waals surface area contributed by atoms with Gasteiger partial charge in [0.1, 0.15) is 0 Å². The fourth-order valence-corrected chi connectivity index (χ4v) is 3.48. The molecule has 0 bridgehead atoms. The van der Waals surface area contributed by atoms with E-state index in [1.165, 1.54) is 45.2 Å². The number of hydrogen-bond acceptors (Lipinski definition) is 2. The van der Waals surface area contributed by atoms with Crippen molar-refractivity contribution in [2.45, 2.75) is 58.4 Å². The minimum Gasteiger partial charge on any atom is -0.329 e. The summed E-state index contributed by atoms with van der Waals surface area (Å²) in [4.78, 5) is 2.69. The summed E-state index contributed by atoms with van der Waals surface area (Å²) < 4.78 is 0. The van der Waals surface area contributed by atoms with Crippen molar-refractivity contribution in [2.24, 2.45) is 23.5 Å². The maximum Gasteiger partial charge on any atom is 0.0306 e. The minimum atomic E-state index is 0.273. The number of likely N-dealkylation sites (tertiary alicyclic amines) is 1. The summed E-state index contributed by atoms with van der Waals surface area (Å²) in [6.07, 6.45) is 7.03. The Labute approximate surface area is 107 Å². The maximum absolute atomic E-state index is 6.09. The van der Waals surface area contributed by atoms with Gasteiger partial charge in [0, 0.05) is 18.6 Å². The van der Waals surface area contributed by atoms with Crippen LogP contribution in [-0.4, -0.2) is 30.1 Å². The van der Waals surface area contributed by atoms with Gasteiger partial charge >= 0.3 is 0 Å². The first-order valence-electron chi connectivity index (χ1n) is 7.50. The SMILES string of the molecule is CC(C)C1CCN(C(C)(CN)CC2CCC2)C1. The highest BCUT2D eigenvalue weighted by atomic mass is 15.2. The van der Waals surface area contributed by atoms with E-state index < -0.39 is 0 Å². The van der Waals surface area contributed by atoms with Crippen molar-refractivity contribution in [1.82, 2.24) is 4.90 Å². The first-order valence-corrected chi connectivity index (χ1v) is 7.50. The van der Waals surface area contributed by atoms with E-state index in [-0.39, 0.29) is 5.54 Å². The summed E-state index contributed by atoms with van der Waals surface area (Å²) in [5.41, 5.74) is 6.37. The van der Waals surface area contributed by atoms with E-state index in [0.717, 1.165) is 24.3 Å². The van der Waals surface area contributed by atoms with E-state index in [1.54, 1.807) is 0 Å². The van der Waals surface area contributed by atoms with Gasteiger partial charge in [0.15, 0.2) is 0 Å². The largest absolute Gasteiger partial charge is 0.329 e. The molecule has 2 rings (SSSR count). The third-order valence-corrected chi connectivity index (χ3v) is 5.32. The molecule has 0 spiro atoms. The van der Waals surface area contributed by atoms with Crippen LogP contribution < -0.4 is 5.73 Å². The summed E-state index contributed by atoms with van der Waals surface area (Å²) in [6, 6.07) is 0. The molecule has 17 heavy (non-hydrogen) atoms. The van der Waals surface area contributed by atoms with Crippen LogP contribution in [0.2, 0.25) is 0 Å². The van der Waals surface area contributed by atoms with Crippen LogP contribution in [0.4, 0.5) is 0 Å². The van der Waals surface area contributed by atoms with E-state index in [9.17, 15) is 0 Å². The number of rotatable bonds is 5. The molecular formula is C15H30N2. The Balaban J connectivity index is 1.92. The van der Waals surface area contributed by atoms with Crippen molar-refractivity contribution < 1.29 is 0 Å². The fourth-order valence-electron chi connectivity index (χ4n) is 3.48. The van der Waals surface area contributed by atoms with Crippen LogP contribution in [0.5, 0.6) is 0 Å². The van der Waals surface area contributed by atoms with Gasteiger partial charge in [-0.05, 0) is 44.1 Å². The van der Waals surface area contributed by atoms with Gasteiger partial charge < -0.3 is 5.73 Å². The Morgan fingerprint density at radius 1 is 1.29 bits per heavy atom. The molecule has 0 amide bonds. The number of hydrogen-bond donors (Lipinski definition) is 1. The third-order valence-electron chi connectivity index (χ3n) is 5.32. The highest BCUT2D eigenvalue weighted by Crippen LogP contribution is 2.38. The molecule has 0 radical (unpaired) electrons. The summed E-state index contributed by atoms with van der Waals surface area (Å²) in [5, 5.41) is 0. The molecule has 2 unspecified atom stereocenters. The summed E-state index contributed by atoms with van der Waals surface area (Å²) in [6.45, 7) is 10.5. The summed E-state index contributed by atoms with van der Waals surface area (Å²) >= 11 is 0. The quantitative estimate of drug-likeness (QED) is 0.798. The lowest BCUT2D eigenvalue weighted by atomic mass is 9.76. The molecule has 2 nitrogen and oxygen atoms in total. The van der Waals surface area contributed by atoms with Gasteiger partial charge in [0.2, 0.25) is 0 Å². The molecule has 0 aromatic heterocycles. The van der Waals surface area contributed by atoms with Crippen LogP contribution in [0.25, 0.3) is 0 Å². The third kappa shape index (κ3) is 2.85. The van der Waals surface area contributed by atoms with Crippen LogP contribution in [0.15, 0.2) is 0 Å². The molecule has 2 fully saturated rings. The van der Waals surface area contributed by atoms with Crippen LogP contribution in [0.3, 0.4) is 0 Å². The standard InChI is InChI=1S/C15H30N2/c1-12(2)14-7-8-17(10-14)15(3,11-16)9-13-5-4-6-13/h12-14H,4-11,16H2,1-3H3. The molecule has 2 N–H and O–H groups in total. The molecule has 0 aromatic rings. The summed E-state index contributed by atoms with van der Waals surface area (Å²) in [7, 11) is 0. The van der Waals surface area contributed by atoms with Crippen molar-refractivity contribution in [1.29, 1.82) is 0 Å². The van der Waals surface area contributed by atoms with Gasteiger partial charge in [-0.1, -0.05) is 33.1 Å². The Kier molecular flexibility index (Phi) is 4.14. The molecule has 1 aliphatic heterocycles. The Morgan fingerprint density at radius 2 is 2.00 bits per heavy atom. The topological polar surface area (TPSA) is 29.3 Å². The van der Waals surface area contributed by atoms with Crippen LogP contribution in [-0.2, 0) is 0 Å². The van der Waals surface area contributed by atoms with Gasteiger partial charge in [0.25, 0.3) is 0 Å². The molecular weight excluding hydrogens is 208 g/mol. The van der Waals surface area contributed by atoms with E-state index in [1.807, 2.05) is 0 Å². The zero-order chi connectivity index (χ0) is 12.5. The van der Waals surface area contributed by atoms with Crippen LogP contribution in [0, 0.1) is 17.8 Å². The molecule has 2 aliphatic rings. The summed E-state index contributed by atoms with van der Waals surface area (Å²) in [5.74, 6) is 2.68. The predicted octanol–water partition coefficient (Wildman–Crippen LogP) is 2.87. The van der Waals surface area contributed by atoms with Gasteiger partial charge in [-0.2, -0.15) is 0 Å². The van der Waals surface area contributed by atoms with Gasteiger partial charge in [-0.15, -0.1) is 0 Å². The van der Waals surface area contributed by atoms with E-state index in [0.29, 0.717) is 0 Å². The molecule has 1 saturated heterocycles. The number of nitrogens with zero attached hydrogens (tertiary/aromatic N) is 1. The predicted molar refractivity (Wildman–Crippen MR) is 73.9 cm³/mol. The lowest BCUT2D eigenvalue weighted by Gasteiger charge is -2.43. The van der Waals surface area contributed by atoms with Crippen LogP contribution >= 0.6 is 0 Å². The van der Waals surface area contributed by atoms with E-state index >= 15 is 0 Å². The van der Waals surface area contributed by atoms with Crippen LogP contribution in [0.1, 0.15) is 52.9 Å². The van der Waals surface area contributed by atoms with Crippen molar-refractivity contribution in [3.63, 3.8) is 0 Å². The molecule has 0 aromatic carbocycles. The average Bonchev–Trinajstić information content (AvgIpc) is 2.73. The second-order valence-corrected chi connectivity index (χ2v) is 6.94. The molecule has 2 heteroatoms. The second kappa shape index (κ2) is 5.27. The average molecular weight is 238 g/mol. The lowest BCUT2D eigenvalue weighted by Crippen LogP contribution is -2.52. The highest BCUT2D eigenvalue weighted by molar-refractivity contribution is 4.95. The molecule has 2 atom stereocenters. The minimum absolute atomic E-state index is 0.273. The van der Waals surface area contributed by atoms with Gasteiger partial charge in [0.05, 0.1) is 0 Å². The van der Waals surface area contributed by atoms with Gasteiger partial charge in [-0.3, -0.25) is 4.90 Å². The molecule has 1 aliphatic carbocycles. The molecule has 1 heterocycles. The normalized spacial score (nSPS) is 30.5. The van der Waals surface area contributed by atoms with Crippen molar-refractivity contribution in [2.75, 3.05) is 19.6 Å². The zero-order valence-electron chi connectivity index (χ0n) is 11.9. The molecule has 100 valence electrons. The van der Waals surface area contributed by atoms with Crippen molar-refractivity contribution >= 4 is 0 Å². The highest BCUT2D eigenvalue weighted by Gasteiger charge is 2.39. The van der Waals surface area contributed by atoms with Gasteiger partial charge in [-0.25, -0.2) is 0 Å². The lowest BCUT2D eigenvalue weighted by molar-refractivity contribution is 0.0845. The second-order valence-electron chi connectivity index (χ2n) is 6.94. The fraction of sp³-hybridized carbons (Fsp3) is 1.00. The Morgan fingerprint density at radius 3 is 2.41 bits per heavy atom. The smallest absolute Gasteiger partial charge is 0.0306 e. The zero-order valence-corrected chi connectivity index (χ0v) is 11.9. The van der Waals surface area contributed by atoms with E-state index in [4.69, 9.17) is 5.73 Å². The first kappa shape index (κ1) is 13.4. The Hall–Kier alpha value is -0.0800. The van der Waals surface area contributed by atoms with Crippen molar-refractivity contribution in [3.05, 3.63) is 0 Å². The molecule has 1 saturated carbocycles. The number of nitrogens with two attached hydrogens (primary N) is 1. The van der Waals surface area contributed by atoms with Crippen molar-refractivity contribution in [3.8, 4) is 0 Å². The first-order chi connectivity index (χ1) is 8.05. The Bertz CT molecular complexity index is 247. The van der Waals surface area contributed by atoms with E-state index in [2.05, 4.69) is 25.7 Å². The maximum atomic E-state index is 6.09.